The van der Waals surface area contributed by atoms with Gasteiger partial charge in [0.2, 0.25) is 10.0 Å². The van der Waals surface area contributed by atoms with Gasteiger partial charge < -0.3 is 10.3 Å². The van der Waals surface area contributed by atoms with E-state index in [0.717, 1.165) is 31.4 Å². The molecule has 1 aliphatic carbocycles. The molecule has 0 saturated heterocycles. The standard InChI is InChI=1S/C13H23N3O2S/c1-3-4-7-15(2)19(17,18)13-8-12(9-14)16(10-13)11-5-6-11/h8,10-11H,3-7,9,14H2,1-2H3. The highest BCUT2D eigenvalue weighted by Gasteiger charge is 2.29. The number of sulfonamides is 1. The molecule has 1 saturated carbocycles. The summed E-state index contributed by atoms with van der Waals surface area (Å²) in [5.41, 5.74) is 6.61. The van der Waals surface area contributed by atoms with Crippen molar-refractivity contribution in [3.8, 4) is 0 Å². The van der Waals surface area contributed by atoms with Crippen LogP contribution >= 0.6 is 0 Å². The number of hydrogen-bond donors (Lipinski definition) is 1. The molecule has 0 amide bonds. The predicted molar refractivity (Wildman–Crippen MR) is 75.3 cm³/mol. The average molecular weight is 285 g/mol. The van der Waals surface area contributed by atoms with Crippen molar-refractivity contribution < 1.29 is 8.42 Å². The van der Waals surface area contributed by atoms with E-state index in [-0.39, 0.29) is 0 Å². The summed E-state index contributed by atoms with van der Waals surface area (Å²) in [5.74, 6) is 0. The molecule has 1 heterocycles. The lowest BCUT2D eigenvalue weighted by atomic mass is 10.3. The van der Waals surface area contributed by atoms with E-state index in [1.807, 2.05) is 4.57 Å². The molecule has 0 radical (unpaired) electrons. The van der Waals surface area contributed by atoms with Crippen molar-refractivity contribution in [1.82, 2.24) is 8.87 Å². The molecule has 1 aliphatic rings. The Bertz CT molecular complexity index is 532. The molecule has 2 N–H and O–H groups in total. The Balaban J connectivity index is 2.24. The third-order valence-electron chi connectivity index (χ3n) is 3.59. The fraction of sp³-hybridized carbons (Fsp3) is 0.692. The van der Waals surface area contributed by atoms with E-state index < -0.39 is 10.0 Å². The van der Waals surface area contributed by atoms with Crippen LogP contribution in [0.15, 0.2) is 17.2 Å². The van der Waals surface area contributed by atoms with Crippen molar-refractivity contribution in [2.75, 3.05) is 13.6 Å². The van der Waals surface area contributed by atoms with Crippen molar-refractivity contribution in [3.05, 3.63) is 18.0 Å². The Morgan fingerprint density at radius 3 is 2.68 bits per heavy atom. The summed E-state index contributed by atoms with van der Waals surface area (Å²) in [6.07, 6.45) is 5.84. The Morgan fingerprint density at radius 1 is 1.47 bits per heavy atom. The van der Waals surface area contributed by atoms with Gasteiger partial charge in [0, 0.05) is 38.1 Å². The normalized spacial score (nSPS) is 16.2. The Labute approximate surface area is 115 Å². The maximum absolute atomic E-state index is 12.4. The Hall–Kier alpha value is -0.850. The molecule has 0 aromatic carbocycles. The van der Waals surface area contributed by atoms with Gasteiger partial charge >= 0.3 is 0 Å². The minimum absolute atomic E-state index is 0.374. The van der Waals surface area contributed by atoms with Crippen LogP contribution in [0, 0.1) is 0 Å². The summed E-state index contributed by atoms with van der Waals surface area (Å²) in [6, 6.07) is 2.17. The maximum atomic E-state index is 12.4. The molecular formula is C13H23N3O2S. The second-order valence-corrected chi connectivity index (χ2v) is 7.23. The van der Waals surface area contributed by atoms with Crippen LogP contribution in [0.2, 0.25) is 0 Å². The van der Waals surface area contributed by atoms with Crippen molar-refractivity contribution in [2.24, 2.45) is 5.73 Å². The topological polar surface area (TPSA) is 68.3 Å². The molecule has 5 nitrogen and oxygen atoms in total. The molecule has 19 heavy (non-hydrogen) atoms. The molecule has 0 aliphatic heterocycles. The third kappa shape index (κ3) is 3.01. The zero-order chi connectivity index (χ0) is 14.0. The van der Waals surface area contributed by atoms with E-state index in [2.05, 4.69) is 6.92 Å². The largest absolute Gasteiger partial charge is 0.346 e. The lowest BCUT2D eigenvalue weighted by molar-refractivity contribution is 0.459. The van der Waals surface area contributed by atoms with Gasteiger partial charge in [-0.2, -0.15) is 0 Å². The van der Waals surface area contributed by atoms with E-state index in [4.69, 9.17) is 5.73 Å². The molecule has 1 aromatic heterocycles. The number of nitrogens with two attached hydrogens (primary N) is 1. The summed E-state index contributed by atoms with van der Waals surface area (Å²) in [5, 5.41) is 0. The van der Waals surface area contributed by atoms with Gasteiger partial charge in [0.05, 0.1) is 0 Å². The van der Waals surface area contributed by atoms with Crippen molar-refractivity contribution in [1.29, 1.82) is 0 Å². The van der Waals surface area contributed by atoms with Crippen molar-refractivity contribution >= 4 is 10.0 Å². The van der Waals surface area contributed by atoms with E-state index in [0.29, 0.717) is 24.0 Å². The first kappa shape index (κ1) is 14.6. The number of nitrogens with zero attached hydrogens (tertiary/aromatic N) is 2. The molecule has 1 aromatic rings. The average Bonchev–Trinajstić information content (AvgIpc) is 3.14. The number of aromatic nitrogens is 1. The monoisotopic (exact) mass is 285 g/mol. The van der Waals surface area contributed by atoms with Crippen molar-refractivity contribution in [3.63, 3.8) is 0 Å². The van der Waals surface area contributed by atoms with Crippen molar-refractivity contribution in [2.45, 2.75) is 50.1 Å². The second-order valence-electron chi connectivity index (χ2n) is 5.19. The summed E-state index contributed by atoms with van der Waals surface area (Å²) in [4.78, 5) is 0.374. The van der Waals surface area contributed by atoms with Crippen LogP contribution in [0.5, 0.6) is 0 Å². The van der Waals surface area contributed by atoms with Crippen LogP contribution in [-0.2, 0) is 16.6 Å². The minimum atomic E-state index is -3.37. The highest BCUT2D eigenvalue weighted by molar-refractivity contribution is 7.89. The van der Waals surface area contributed by atoms with Crippen LogP contribution in [0.4, 0.5) is 0 Å². The summed E-state index contributed by atoms with van der Waals surface area (Å²) >= 11 is 0. The number of unbranched alkanes of at least 4 members (excludes halogenated alkanes) is 1. The highest BCUT2D eigenvalue weighted by Crippen LogP contribution is 2.37. The van der Waals surface area contributed by atoms with Gasteiger partial charge in [-0.05, 0) is 25.3 Å². The fourth-order valence-corrected chi connectivity index (χ4v) is 3.44. The van der Waals surface area contributed by atoms with Crippen LogP contribution in [0.1, 0.15) is 44.3 Å². The first-order chi connectivity index (χ1) is 9.00. The molecule has 2 rings (SSSR count). The first-order valence-corrected chi connectivity index (χ1v) is 8.31. The second kappa shape index (κ2) is 5.64. The highest BCUT2D eigenvalue weighted by atomic mass is 32.2. The van der Waals surface area contributed by atoms with E-state index in [9.17, 15) is 8.42 Å². The molecule has 0 atom stereocenters. The van der Waals surface area contributed by atoms with E-state index in [1.54, 1.807) is 19.3 Å². The zero-order valence-electron chi connectivity index (χ0n) is 11.7. The first-order valence-electron chi connectivity index (χ1n) is 6.87. The number of rotatable bonds is 7. The molecular weight excluding hydrogens is 262 g/mol. The lowest BCUT2D eigenvalue weighted by Gasteiger charge is -2.15. The lowest BCUT2D eigenvalue weighted by Crippen LogP contribution is -2.27. The van der Waals surface area contributed by atoms with Crippen LogP contribution in [0.25, 0.3) is 0 Å². The molecule has 0 bridgehead atoms. The predicted octanol–water partition coefficient (Wildman–Crippen LogP) is 1.70. The van der Waals surface area contributed by atoms with Gasteiger partial charge in [-0.3, -0.25) is 0 Å². The zero-order valence-corrected chi connectivity index (χ0v) is 12.5. The SMILES string of the molecule is CCCCN(C)S(=O)(=O)c1cc(CN)n(C2CC2)c1. The Morgan fingerprint density at radius 2 is 2.16 bits per heavy atom. The number of hydrogen-bond acceptors (Lipinski definition) is 3. The van der Waals surface area contributed by atoms with E-state index >= 15 is 0 Å². The van der Waals surface area contributed by atoms with Crippen LogP contribution in [0.3, 0.4) is 0 Å². The molecule has 0 spiro atoms. The van der Waals surface area contributed by atoms with Gasteiger partial charge in [0.15, 0.2) is 0 Å². The van der Waals surface area contributed by atoms with Gasteiger partial charge in [-0.15, -0.1) is 0 Å². The summed E-state index contributed by atoms with van der Waals surface area (Å²) in [6.45, 7) is 2.99. The third-order valence-corrected chi connectivity index (χ3v) is 5.41. The summed E-state index contributed by atoms with van der Waals surface area (Å²) in [7, 11) is -1.73. The molecule has 6 heteroatoms. The van der Waals surface area contributed by atoms with E-state index in [1.165, 1.54) is 4.31 Å². The summed E-state index contributed by atoms with van der Waals surface area (Å²) < 4.78 is 28.3. The van der Waals surface area contributed by atoms with Gasteiger partial charge in [-0.1, -0.05) is 13.3 Å². The Kier molecular flexibility index (Phi) is 4.32. The van der Waals surface area contributed by atoms with Gasteiger partial charge in [-0.25, -0.2) is 12.7 Å². The maximum Gasteiger partial charge on any atom is 0.244 e. The van der Waals surface area contributed by atoms with Gasteiger partial charge in [0.1, 0.15) is 4.90 Å². The fourth-order valence-electron chi connectivity index (χ4n) is 2.17. The quantitative estimate of drug-likeness (QED) is 0.829. The molecule has 0 unspecified atom stereocenters. The van der Waals surface area contributed by atoms with Gasteiger partial charge in [0.25, 0.3) is 0 Å². The minimum Gasteiger partial charge on any atom is -0.346 e. The van der Waals surface area contributed by atoms with Crippen LogP contribution in [-0.4, -0.2) is 30.9 Å². The smallest absolute Gasteiger partial charge is 0.244 e. The van der Waals surface area contributed by atoms with Crippen LogP contribution < -0.4 is 5.73 Å². The molecule has 108 valence electrons. The molecule has 1 fully saturated rings.